The molecule has 0 fully saturated rings. The largest absolute Gasteiger partial charge is 0.383 e. The number of methoxy groups -OCH3 is 1. The van der Waals surface area contributed by atoms with Crippen molar-refractivity contribution in [2.75, 3.05) is 32.1 Å². The first kappa shape index (κ1) is 14.8. The van der Waals surface area contributed by atoms with E-state index in [0.29, 0.717) is 23.6 Å². The van der Waals surface area contributed by atoms with Crippen LogP contribution in [-0.4, -0.2) is 42.7 Å². The highest BCUT2D eigenvalue weighted by molar-refractivity contribution is 9.10. The van der Waals surface area contributed by atoms with Gasteiger partial charge in [-0.2, -0.15) is 0 Å². The lowest BCUT2D eigenvalue weighted by atomic mass is 10.4. The number of ether oxygens (including phenoxy) is 1. The minimum atomic E-state index is -0.0974. The summed E-state index contributed by atoms with van der Waals surface area (Å²) in [4.78, 5) is 19.9. The van der Waals surface area contributed by atoms with Crippen molar-refractivity contribution in [3.63, 3.8) is 0 Å². The van der Waals surface area contributed by atoms with E-state index in [1.807, 2.05) is 6.92 Å². The molecule has 0 radical (unpaired) electrons. The number of carbonyl (C=O) groups excluding carboxylic acids is 1. The third-order valence-corrected chi connectivity index (χ3v) is 2.52. The summed E-state index contributed by atoms with van der Waals surface area (Å²) in [5.74, 6) is 1.27. The summed E-state index contributed by atoms with van der Waals surface area (Å²) in [7, 11) is 1.59. The van der Waals surface area contributed by atoms with Gasteiger partial charge in [-0.05, 0) is 15.9 Å². The summed E-state index contributed by atoms with van der Waals surface area (Å²) in [6.45, 7) is 3.16. The minimum Gasteiger partial charge on any atom is -0.383 e. The highest BCUT2D eigenvalue weighted by Crippen LogP contribution is 2.12. The number of anilines is 1. The Morgan fingerprint density at radius 2 is 2.28 bits per heavy atom. The molecule has 0 aliphatic carbocycles. The lowest BCUT2D eigenvalue weighted by Gasteiger charge is -2.08. The van der Waals surface area contributed by atoms with Crippen LogP contribution in [0.1, 0.15) is 12.7 Å². The molecule has 0 saturated heterocycles. The van der Waals surface area contributed by atoms with E-state index < -0.39 is 0 Å². The molecule has 0 bridgehead atoms. The number of amides is 1. The van der Waals surface area contributed by atoms with Gasteiger partial charge in [-0.25, -0.2) is 9.97 Å². The van der Waals surface area contributed by atoms with Crippen molar-refractivity contribution in [3.8, 4) is 0 Å². The molecule has 6 nitrogen and oxygen atoms in total. The van der Waals surface area contributed by atoms with Gasteiger partial charge in [-0.1, -0.05) is 6.92 Å². The molecule has 0 spiro atoms. The maximum atomic E-state index is 11.4. The van der Waals surface area contributed by atoms with Gasteiger partial charge in [-0.15, -0.1) is 0 Å². The standard InChI is InChI=1S/C11H17BrN4O2/c1-3-9-15-8(12)6-10(16-9)14-7-11(17)13-4-5-18-2/h6H,3-5,7H2,1-2H3,(H,13,17)(H,14,15,16). The first-order chi connectivity index (χ1) is 8.65. The fourth-order valence-corrected chi connectivity index (χ4v) is 1.66. The van der Waals surface area contributed by atoms with Gasteiger partial charge < -0.3 is 15.4 Å². The normalized spacial score (nSPS) is 10.2. The van der Waals surface area contributed by atoms with Gasteiger partial charge >= 0.3 is 0 Å². The van der Waals surface area contributed by atoms with Crippen LogP contribution in [0.2, 0.25) is 0 Å². The van der Waals surface area contributed by atoms with E-state index >= 15 is 0 Å². The second kappa shape index (κ2) is 7.99. The monoisotopic (exact) mass is 316 g/mol. The quantitative estimate of drug-likeness (QED) is 0.579. The summed E-state index contributed by atoms with van der Waals surface area (Å²) < 4.78 is 5.54. The van der Waals surface area contributed by atoms with Gasteiger partial charge in [-0.3, -0.25) is 4.79 Å². The van der Waals surface area contributed by atoms with Gasteiger partial charge in [0.15, 0.2) is 0 Å². The Morgan fingerprint density at radius 1 is 1.50 bits per heavy atom. The molecular weight excluding hydrogens is 300 g/mol. The Kier molecular flexibility index (Phi) is 6.59. The first-order valence-corrected chi connectivity index (χ1v) is 6.48. The van der Waals surface area contributed by atoms with Crippen LogP contribution in [0.15, 0.2) is 10.7 Å². The lowest BCUT2D eigenvalue weighted by Crippen LogP contribution is -2.32. The molecule has 1 heterocycles. The van der Waals surface area contributed by atoms with Gasteiger partial charge in [0.1, 0.15) is 16.2 Å². The molecule has 0 aliphatic rings. The smallest absolute Gasteiger partial charge is 0.239 e. The number of nitrogens with one attached hydrogen (secondary N) is 2. The number of halogens is 1. The number of aryl methyl sites for hydroxylation is 1. The number of hydrogen-bond donors (Lipinski definition) is 2. The van der Waals surface area contributed by atoms with Crippen LogP contribution in [0.4, 0.5) is 5.82 Å². The van der Waals surface area contributed by atoms with Crippen LogP contribution < -0.4 is 10.6 Å². The molecule has 0 unspecified atom stereocenters. The second-order valence-corrected chi connectivity index (χ2v) is 4.35. The average molecular weight is 317 g/mol. The summed E-state index contributed by atoms with van der Waals surface area (Å²) in [5.41, 5.74) is 0. The van der Waals surface area contributed by atoms with Crippen molar-refractivity contribution in [1.82, 2.24) is 15.3 Å². The number of rotatable bonds is 7. The SMILES string of the molecule is CCc1nc(Br)cc(NCC(=O)NCCOC)n1. The van der Waals surface area contributed by atoms with Crippen molar-refractivity contribution < 1.29 is 9.53 Å². The van der Waals surface area contributed by atoms with Crippen LogP contribution in [0.5, 0.6) is 0 Å². The third-order valence-electron chi connectivity index (χ3n) is 2.12. The molecule has 0 aliphatic heterocycles. The number of hydrogen-bond acceptors (Lipinski definition) is 5. The highest BCUT2D eigenvalue weighted by Gasteiger charge is 2.04. The van der Waals surface area contributed by atoms with E-state index in [4.69, 9.17) is 4.74 Å². The Morgan fingerprint density at radius 3 is 2.94 bits per heavy atom. The Hall–Kier alpha value is -1.21. The molecule has 18 heavy (non-hydrogen) atoms. The van der Waals surface area contributed by atoms with Crippen molar-refractivity contribution in [1.29, 1.82) is 0 Å². The van der Waals surface area contributed by atoms with Crippen molar-refractivity contribution in [3.05, 3.63) is 16.5 Å². The van der Waals surface area contributed by atoms with Crippen LogP contribution in [0, 0.1) is 0 Å². The fourth-order valence-electron chi connectivity index (χ4n) is 1.24. The predicted octanol–water partition coefficient (Wildman–Crippen LogP) is 0.976. The number of aromatic nitrogens is 2. The molecule has 1 amide bonds. The van der Waals surface area contributed by atoms with Crippen LogP contribution in [0.3, 0.4) is 0 Å². The summed E-state index contributed by atoms with van der Waals surface area (Å²) in [5, 5.41) is 5.67. The maximum Gasteiger partial charge on any atom is 0.239 e. The summed E-state index contributed by atoms with van der Waals surface area (Å²) >= 11 is 3.30. The minimum absolute atomic E-state index is 0.0974. The third kappa shape index (κ3) is 5.42. The number of nitrogens with zero attached hydrogens (tertiary/aromatic N) is 2. The van der Waals surface area contributed by atoms with Crippen molar-refractivity contribution in [2.24, 2.45) is 0 Å². The zero-order valence-corrected chi connectivity index (χ0v) is 12.1. The van der Waals surface area contributed by atoms with E-state index in [2.05, 4.69) is 36.5 Å². The predicted molar refractivity (Wildman–Crippen MR) is 72.5 cm³/mol. The molecule has 2 N–H and O–H groups in total. The van der Waals surface area contributed by atoms with Crippen LogP contribution in [0.25, 0.3) is 0 Å². The van der Waals surface area contributed by atoms with Crippen LogP contribution >= 0.6 is 15.9 Å². The van der Waals surface area contributed by atoms with Gasteiger partial charge in [0.2, 0.25) is 5.91 Å². The topological polar surface area (TPSA) is 76.1 Å². The van der Waals surface area contributed by atoms with Gasteiger partial charge in [0.05, 0.1) is 13.2 Å². The average Bonchev–Trinajstić information content (AvgIpc) is 2.36. The van der Waals surface area contributed by atoms with Crippen molar-refractivity contribution >= 4 is 27.7 Å². The molecule has 1 aromatic heterocycles. The molecule has 0 atom stereocenters. The highest BCUT2D eigenvalue weighted by atomic mass is 79.9. The molecule has 7 heteroatoms. The molecule has 100 valence electrons. The molecule has 1 aromatic rings. The Balaban J connectivity index is 2.43. The zero-order chi connectivity index (χ0) is 13.4. The van der Waals surface area contributed by atoms with E-state index in [1.54, 1.807) is 13.2 Å². The molecular formula is C11H17BrN4O2. The molecule has 0 aromatic carbocycles. The van der Waals surface area contributed by atoms with Gasteiger partial charge in [0, 0.05) is 26.1 Å². The van der Waals surface area contributed by atoms with E-state index in [0.717, 1.165) is 12.2 Å². The van der Waals surface area contributed by atoms with Gasteiger partial charge in [0.25, 0.3) is 0 Å². The van der Waals surface area contributed by atoms with E-state index in [1.165, 1.54) is 0 Å². The summed E-state index contributed by atoms with van der Waals surface area (Å²) in [6.07, 6.45) is 0.744. The number of carbonyl (C=O) groups is 1. The Labute approximate surface area is 115 Å². The first-order valence-electron chi connectivity index (χ1n) is 5.68. The van der Waals surface area contributed by atoms with E-state index in [-0.39, 0.29) is 12.5 Å². The van der Waals surface area contributed by atoms with E-state index in [9.17, 15) is 4.79 Å². The lowest BCUT2D eigenvalue weighted by molar-refractivity contribution is -0.119. The molecule has 0 saturated carbocycles. The summed E-state index contributed by atoms with van der Waals surface area (Å²) in [6, 6.07) is 1.74. The fraction of sp³-hybridized carbons (Fsp3) is 0.545. The zero-order valence-electron chi connectivity index (χ0n) is 10.5. The molecule has 1 rings (SSSR count). The Bertz CT molecular complexity index is 401. The van der Waals surface area contributed by atoms with Crippen molar-refractivity contribution in [2.45, 2.75) is 13.3 Å². The van der Waals surface area contributed by atoms with Crippen LogP contribution in [-0.2, 0) is 16.0 Å². The second-order valence-electron chi connectivity index (χ2n) is 3.54. The maximum absolute atomic E-state index is 11.4.